The van der Waals surface area contributed by atoms with Crippen LogP contribution in [0.3, 0.4) is 0 Å². The van der Waals surface area contributed by atoms with Crippen LogP contribution in [0.2, 0.25) is 0 Å². The van der Waals surface area contributed by atoms with Gasteiger partial charge in [-0.2, -0.15) is 0 Å². The summed E-state index contributed by atoms with van der Waals surface area (Å²) in [6.07, 6.45) is 3.16. The van der Waals surface area contributed by atoms with Gasteiger partial charge in [0.25, 0.3) is 0 Å². The summed E-state index contributed by atoms with van der Waals surface area (Å²) in [6.45, 7) is 2.68. The van der Waals surface area contributed by atoms with E-state index in [1.165, 1.54) is 0 Å². The number of carbonyl (C=O) groups excluding carboxylic acids is 1. The fourth-order valence-corrected chi connectivity index (χ4v) is 4.23. The fourth-order valence-electron chi connectivity index (χ4n) is 3.28. The zero-order chi connectivity index (χ0) is 19.5. The largest absolute Gasteiger partial charge is 0.481 e. The van der Waals surface area contributed by atoms with Crippen LogP contribution in [0.4, 0.5) is 10.5 Å². The lowest BCUT2D eigenvalue weighted by molar-refractivity contribution is 0.100. The second kappa shape index (κ2) is 8.12. The van der Waals surface area contributed by atoms with Crippen LogP contribution in [0.25, 0.3) is 10.2 Å². The summed E-state index contributed by atoms with van der Waals surface area (Å²) in [7, 11) is 1.58. The molecule has 8 heteroatoms. The van der Waals surface area contributed by atoms with E-state index in [-0.39, 0.29) is 18.2 Å². The van der Waals surface area contributed by atoms with E-state index in [9.17, 15) is 4.79 Å². The third kappa shape index (κ3) is 3.93. The predicted molar refractivity (Wildman–Crippen MR) is 109 cm³/mol. The Morgan fingerprint density at radius 2 is 2.25 bits per heavy atom. The first-order valence-corrected chi connectivity index (χ1v) is 10.1. The monoisotopic (exact) mass is 398 g/mol. The van der Waals surface area contributed by atoms with E-state index in [4.69, 9.17) is 9.47 Å². The average molecular weight is 398 g/mol. The number of nitrogens with zero attached hydrogens (tertiary/aromatic N) is 2. The number of hydrogen-bond acceptors (Lipinski definition) is 6. The van der Waals surface area contributed by atoms with E-state index >= 15 is 0 Å². The number of methoxy groups -OCH3 is 1. The van der Waals surface area contributed by atoms with Gasteiger partial charge in [0.2, 0.25) is 5.88 Å². The van der Waals surface area contributed by atoms with Gasteiger partial charge in [0.1, 0.15) is 6.10 Å². The van der Waals surface area contributed by atoms with Crippen LogP contribution >= 0.6 is 11.3 Å². The van der Waals surface area contributed by atoms with Crippen molar-refractivity contribution in [3.63, 3.8) is 0 Å². The molecule has 0 spiro atoms. The van der Waals surface area contributed by atoms with Gasteiger partial charge in [-0.25, -0.2) is 14.8 Å². The van der Waals surface area contributed by atoms with Gasteiger partial charge in [-0.3, -0.25) is 0 Å². The van der Waals surface area contributed by atoms with Gasteiger partial charge in [-0.1, -0.05) is 6.92 Å². The molecule has 7 nitrogen and oxygen atoms in total. The maximum atomic E-state index is 12.5. The maximum Gasteiger partial charge on any atom is 0.319 e. The minimum Gasteiger partial charge on any atom is -0.481 e. The highest BCUT2D eigenvalue weighted by atomic mass is 32.1. The molecule has 4 rings (SSSR count). The van der Waals surface area contributed by atoms with E-state index in [2.05, 4.69) is 27.5 Å². The zero-order valence-electron chi connectivity index (χ0n) is 15.8. The predicted octanol–water partition coefficient (Wildman–Crippen LogP) is 3.91. The summed E-state index contributed by atoms with van der Waals surface area (Å²) in [4.78, 5) is 21.3. The molecule has 1 aromatic carbocycles. The quantitative estimate of drug-likeness (QED) is 0.681. The molecule has 1 fully saturated rings. The first-order valence-electron chi connectivity index (χ1n) is 9.25. The Morgan fingerprint density at radius 1 is 1.36 bits per heavy atom. The molecule has 0 saturated carbocycles. The molecule has 3 heterocycles. The molecule has 146 valence electrons. The number of carbonyl (C=O) groups is 1. The second-order valence-electron chi connectivity index (χ2n) is 6.56. The zero-order valence-corrected chi connectivity index (χ0v) is 16.6. The van der Waals surface area contributed by atoms with Gasteiger partial charge in [0, 0.05) is 30.1 Å². The lowest BCUT2D eigenvalue weighted by atomic mass is 10.0. The summed E-state index contributed by atoms with van der Waals surface area (Å²) in [5.41, 5.74) is 2.63. The number of nitrogens with one attached hydrogen (secondary N) is 2. The summed E-state index contributed by atoms with van der Waals surface area (Å²) in [5.74, 6) is 0.550. The van der Waals surface area contributed by atoms with Crippen LogP contribution in [0.15, 0.2) is 36.5 Å². The number of fused-ring (bicyclic) bond motifs is 1. The molecule has 1 saturated heterocycles. The third-order valence-electron chi connectivity index (χ3n) is 4.70. The second-order valence-corrected chi connectivity index (χ2v) is 7.68. The number of rotatable bonds is 5. The van der Waals surface area contributed by atoms with Crippen molar-refractivity contribution in [2.45, 2.75) is 31.9 Å². The number of thiazole rings is 1. The lowest BCUT2D eigenvalue weighted by Crippen LogP contribution is -2.39. The van der Waals surface area contributed by atoms with Crippen LogP contribution in [0, 0.1) is 0 Å². The molecular weight excluding hydrogens is 376 g/mol. The maximum absolute atomic E-state index is 12.5. The Balaban J connectivity index is 1.42. The number of urea groups is 1. The van der Waals surface area contributed by atoms with Crippen molar-refractivity contribution in [2.24, 2.45) is 0 Å². The topological polar surface area (TPSA) is 85.4 Å². The number of pyridine rings is 1. The molecule has 28 heavy (non-hydrogen) atoms. The van der Waals surface area contributed by atoms with Crippen molar-refractivity contribution in [2.75, 3.05) is 19.0 Å². The normalized spacial score (nSPS) is 18.9. The Bertz CT molecular complexity index is 973. The summed E-state index contributed by atoms with van der Waals surface area (Å²) in [6, 6.07) is 9.11. The van der Waals surface area contributed by atoms with E-state index in [1.807, 2.05) is 24.3 Å². The van der Waals surface area contributed by atoms with Crippen molar-refractivity contribution >= 4 is 33.3 Å². The van der Waals surface area contributed by atoms with Gasteiger partial charge >= 0.3 is 6.03 Å². The van der Waals surface area contributed by atoms with E-state index in [0.717, 1.165) is 39.3 Å². The molecule has 0 aliphatic carbocycles. The average Bonchev–Trinajstić information content (AvgIpc) is 3.34. The highest BCUT2D eigenvalue weighted by molar-refractivity contribution is 7.18. The smallest absolute Gasteiger partial charge is 0.319 e. The van der Waals surface area contributed by atoms with Crippen LogP contribution in [-0.4, -0.2) is 35.8 Å². The number of hydrogen-bond donors (Lipinski definition) is 2. The minimum atomic E-state index is -0.249. The number of aromatic nitrogens is 2. The molecule has 2 aromatic heterocycles. The van der Waals surface area contributed by atoms with E-state index in [0.29, 0.717) is 12.5 Å². The van der Waals surface area contributed by atoms with Gasteiger partial charge < -0.3 is 20.1 Å². The molecule has 1 aliphatic rings. The van der Waals surface area contributed by atoms with Crippen molar-refractivity contribution < 1.29 is 14.3 Å². The first-order chi connectivity index (χ1) is 13.7. The van der Waals surface area contributed by atoms with Crippen LogP contribution in [0.1, 0.15) is 30.0 Å². The van der Waals surface area contributed by atoms with Crippen LogP contribution in [0.5, 0.6) is 5.88 Å². The molecule has 0 radical (unpaired) electrons. The standard InChI is InChI=1S/C20H22N4O3S/c1-3-18-23-14-6-5-13(10-16(14)28-18)22-20(25)24-15-8-9-27-19(15)12-4-7-17(26-2)21-11-12/h4-7,10-11,15,19H,3,8-9H2,1-2H3,(H2,22,24,25)/t15-,19+/m1/s1. The molecular formula is C20H22N4O3S. The molecule has 2 N–H and O–H groups in total. The van der Waals surface area contributed by atoms with Gasteiger partial charge in [0.15, 0.2) is 0 Å². The van der Waals surface area contributed by atoms with Crippen LogP contribution in [-0.2, 0) is 11.2 Å². The number of amides is 2. The van der Waals surface area contributed by atoms with Crippen LogP contribution < -0.4 is 15.4 Å². The SMILES string of the molecule is CCc1nc2ccc(NC(=O)N[C@@H]3CCO[C@H]3c3ccc(OC)nc3)cc2s1. The number of benzene rings is 1. The van der Waals surface area contributed by atoms with Gasteiger partial charge in [0.05, 0.1) is 28.4 Å². The summed E-state index contributed by atoms with van der Waals surface area (Å²) < 4.78 is 12.0. The van der Waals surface area contributed by atoms with Crippen molar-refractivity contribution in [1.29, 1.82) is 0 Å². The lowest BCUT2D eigenvalue weighted by Gasteiger charge is -2.20. The summed E-state index contributed by atoms with van der Waals surface area (Å²) in [5, 5.41) is 7.03. The van der Waals surface area contributed by atoms with Crippen molar-refractivity contribution in [1.82, 2.24) is 15.3 Å². The highest BCUT2D eigenvalue weighted by Gasteiger charge is 2.31. The third-order valence-corrected chi connectivity index (χ3v) is 5.86. The fraction of sp³-hybridized carbons (Fsp3) is 0.350. The molecule has 1 aliphatic heterocycles. The molecule has 0 bridgehead atoms. The molecule has 2 amide bonds. The minimum absolute atomic E-state index is 0.117. The molecule has 2 atom stereocenters. The van der Waals surface area contributed by atoms with Crippen molar-refractivity contribution in [3.8, 4) is 5.88 Å². The first kappa shape index (κ1) is 18.6. The molecule has 0 unspecified atom stereocenters. The summed E-state index contributed by atoms with van der Waals surface area (Å²) >= 11 is 1.65. The number of aryl methyl sites for hydroxylation is 1. The van der Waals surface area contributed by atoms with E-state index in [1.54, 1.807) is 30.7 Å². The Morgan fingerprint density at radius 3 is 3.00 bits per heavy atom. The Kier molecular flexibility index (Phi) is 5.40. The van der Waals surface area contributed by atoms with Gasteiger partial charge in [-0.05, 0) is 37.1 Å². The van der Waals surface area contributed by atoms with E-state index < -0.39 is 0 Å². The number of ether oxygens (including phenoxy) is 2. The Labute approximate surface area is 167 Å². The molecule has 3 aromatic rings. The highest BCUT2D eigenvalue weighted by Crippen LogP contribution is 2.30. The Hall–Kier alpha value is -2.71. The number of anilines is 1. The van der Waals surface area contributed by atoms with Crippen molar-refractivity contribution in [3.05, 3.63) is 47.1 Å². The van der Waals surface area contributed by atoms with Gasteiger partial charge in [-0.15, -0.1) is 11.3 Å².